The Balaban J connectivity index is 1.54. The Bertz CT molecular complexity index is 1500. The molecule has 8 heteroatoms. The van der Waals surface area contributed by atoms with Crippen LogP contribution in [0.1, 0.15) is 27.8 Å². The van der Waals surface area contributed by atoms with Crippen LogP contribution < -0.4 is 0 Å². The van der Waals surface area contributed by atoms with Crippen LogP contribution in [0.15, 0.2) is 84.0 Å². The van der Waals surface area contributed by atoms with E-state index in [1.54, 1.807) is 28.6 Å². The molecule has 0 aliphatic carbocycles. The van der Waals surface area contributed by atoms with Crippen molar-refractivity contribution < 1.29 is 0 Å². The summed E-state index contributed by atoms with van der Waals surface area (Å²) in [6.45, 7) is 4.68. The molecule has 0 N–H and O–H groups in total. The lowest BCUT2D eigenvalue weighted by Gasteiger charge is -2.12. The zero-order valence-electron chi connectivity index (χ0n) is 19.5. The Morgan fingerprint density at radius 3 is 2.49 bits per heavy atom. The minimum Gasteiger partial charge on any atom is -0.226 e. The molecule has 5 aromatic rings. The van der Waals surface area contributed by atoms with E-state index in [2.05, 4.69) is 77.9 Å². The van der Waals surface area contributed by atoms with Gasteiger partial charge in [0.05, 0.1) is 35.6 Å². The summed E-state index contributed by atoms with van der Waals surface area (Å²) in [4.78, 5) is 0. The highest BCUT2D eigenvalue weighted by molar-refractivity contribution is 7.98. The predicted octanol–water partition coefficient (Wildman–Crippen LogP) is 5.35. The minimum atomic E-state index is 0.492. The van der Waals surface area contributed by atoms with E-state index in [1.807, 2.05) is 29.1 Å². The van der Waals surface area contributed by atoms with Gasteiger partial charge < -0.3 is 0 Å². The predicted molar refractivity (Wildman–Crippen MR) is 136 cm³/mol. The number of nitrogens with zero attached hydrogens (tertiary/aromatic N) is 7. The summed E-state index contributed by atoms with van der Waals surface area (Å²) < 4.78 is 3.76. The average Bonchev–Trinajstić information content (AvgIpc) is 3.50. The van der Waals surface area contributed by atoms with Crippen molar-refractivity contribution in [1.82, 2.24) is 30.0 Å². The Morgan fingerprint density at radius 2 is 1.74 bits per heavy atom. The molecule has 0 amide bonds. The number of tetrazole rings is 1. The van der Waals surface area contributed by atoms with E-state index >= 15 is 0 Å². The van der Waals surface area contributed by atoms with E-state index in [1.165, 1.54) is 11.1 Å². The lowest BCUT2D eigenvalue weighted by Crippen LogP contribution is -2.05. The third-order valence-electron chi connectivity index (χ3n) is 5.71. The monoisotopic (exact) mass is 477 g/mol. The van der Waals surface area contributed by atoms with Gasteiger partial charge in [-0.2, -0.15) is 10.4 Å². The van der Waals surface area contributed by atoms with Gasteiger partial charge in [-0.15, -0.1) is 16.9 Å². The van der Waals surface area contributed by atoms with Crippen molar-refractivity contribution in [2.75, 3.05) is 0 Å². The van der Waals surface area contributed by atoms with Crippen LogP contribution in [-0.4, -0.2) is 30.0 Å². The molecular formula is C27H23N7S. The molecule has 0 unspecified atom stereocenters. The molecule has 172 valence electrons. The molecule has 0 atom stereocenters. The molecule has 35 heavy (non-hydrogen) atoms. The van der Waals surface area contributed by atoms with Crippen molar-refractivity contribution in [3.8, 4) is 23.1 Å². The highest BCUT2D eigenvalue weighted by atomic mass is 32.2. The van der Waals surface area contributed by atoms with Gasteiger partial charge in [-0.3, -0.25) is 0 Å². The quantitative estimate of drug-likeness (QED) is 0.294. The van der Waals surface area contributed by atoms with Crippen LogP contribution >= 0.6 is 11.8 Å². The van der Waals surface area contributed by atoms with Crippen LogP contribution in [0.2, 0.25) is 0 Å². The maximum Gasteiger partial charge on any atom is 0.186 e. The molecule has 0 saturated carbocycles. The molecule has 0 saturated heterocycles. The van der Waals surface area contributed by atoms with Gasteiger partial charge in [-0.1, -0.05) is 60.2 Å². The number of thioether (sulfide) groups is 1. The largest absolute Gasteiger partial charge is 0.226 e. The smallest absolute Gasteiger partial charge is 0.186 e. The fourth-order valence-corrected chi connectivity index (χ4v) is 4.99. The van der Waals surface area contributed by atoms with Crippen molar-refractivity contribution in [2.45, 2.75) is 31.2 Å². The summed E-state index contributed by atoms with van der Waals surface area (Å²) in [5.41, 5.74) is 7.14. The Kier molecular flexibility index (Phi) is 6.42. The molecule has 2 heterocycles. The van der Waals surface area contributed by atoms with Gasteiger partial charge in [0.1, 0.15) is 5.03 Å². The van der Waals surface area contributed by atoms with Crippen molar-refractivity contribution >= 4 is 11.8 Å². The van der Waals surface area contributed by atoms with Crippen molar-refractivity contribution in [1.29, 1.82) is 5.26 Å². The molecule has 0 aliphatic rings. The van der Waals surface area contributed by atoms with E-state index in [-0.39, 0.29) is 0 Å². The SMILES string of the molecule is Cc1ccc(-n2ncc(-c3nnnn3Cc3ccc(C#N)cc3)c2SCc2ccccc2)c(C)c1. The summed E-state index contributed by atoms with van der Waals surface area (Å²) in [6.07, 6.45) is 1.84. The number of rotatable bonds is 7. The zero-order chi connectivity index (χ0) is 24.2. The van der Waals surface area contributed by atoms with Crippen molar-refractivity contribution in [3.05, 3.63) is 107 Å². The number of hydrogen-bond donors (Lipinski definition) is 0. The summed E-state index contributed by atoms with van der Waals surface area (Å²) in [7, 11) is 0. The Morgan fingerprint density at radius 1 is 0.943 bits per heavy atom. The van der Waals surface area contributed by atoms with E-state index < -0.39 is 0 Å². The van der Waals surface area contributed by atoms with Gasteiger partial charge in [0, 0.05) is 5.75 Å². The summed E-state index contributed by atoms with van der Waals surface area (Å²) in [6, 6.07) is 26.4. The molecule has 3 aromatic carbocycles. The standard InChI is InChI=1S/C27H23N7S/c1-19-8-13-25(20(2)14-19)34-27(35-18-23-6-4-3-5-7-23)24(16-29-34)26-30-31-32-33(26)17-22-11-9-21(15-28)10-12-22/h3-14,16H,17-18H2,1-2H3. The highest BCUT2D eigenvalue weighted by Gasteiger charge is 2.21. The maximum absolute atomic E-state index is 9.07. The third-order valence-corrected chi connectivity index (χ3v) is 6.86. The van der Waals surface area contributed by atoms with E-state index in [4.69, 9.17) is 10.4 Å². The first-order valence-electron chi connectivity index (χ1n) is 11.2. The summed E-state index contributed by atoms with van der Waals surface area (Å²) in [5.74, 6) is 1.45. The number of nitriles is 1. The topological polar surface area (TPSA) is 85.2 Å². The van der Waals surface area contributed by atoms with Gasteiger partial charge in [-0.05, 0) is 59.2 Å². The molecule has 0 fully saturated rings. The molecule has 5 rings (SSSR count). The lowest BCUT2D eigenvalue weighted by molar-refractivity contribution is 0.652. The highest BCUT2D eigenvalue weighted by Crippen LogP contribution is 2.35. The van der Waals surface area contributed by atoms with Crippen molar-refractivity contribution in [2.24, 2.45) is 0 Å². The molecule has 2 aromatic heterocycles. The Labute approximate surface area is 208 Å². The van der Waals surface area contributed by atoms with E-state index in [9.17, 15) is 0 Å². The van der Waals surface area contributed by atoms with Gasteiger partial charge in [-0.25, -0.2) is 9.36 Å². The maximum atomic E-state index is 9.07. The lowest BCUT2D eigenvalue weighted by atomic mass is 10.1. The first-order valence-corrected chi connectivity index (χ1v) is 12.2. The zero-order valence-corrected chi connectivity index (χ0v) is 20.3. The van der Waals surface area contributed by atoms with Gasteiger partial charge >= 0.3 is 0 Å². The first-order chi connectivity index (χ1) is 17.1. The third kappa shape index (κ3) is 4.86. The fourth-order valence-electron chi connectivity index (χ4n) is 3.93. The summed E-state index contributed by atoms with van der Waals surface area (Å²) >= 11 is 1.71. The molecule has 0 aliphatic heterocycles. The van der Waals surface area contributed by atoms with Gasteiger partial charge in [0.2, 0.25) is 0 Å². The normalized spacial score (nSPS) is 10.9. The van der Waals surface area contributed by atoms with E-state index in [0.717, 1.165) is 33.2 Å². The molecule has 0 radical (unpaired) electrons. The molecular weight excluding hydrogens is 454 g/mol. The second-order valence-electron chi connectivity index (χ2n) is 8.31. The number of aromatic nitrogens is 6. The van der Waals surface area contributed by atoms with Gasteiger partial charge in [0.15, 0.2) is 5.82 Å². The fraction of sp³-hybridized carbons (Fsp3) is 0.148. The summed E-state index contributed by atoms with van der Waals surface area (Å²) in [5, 5.41) is 27.4. The van der Waals surface area contributed by atoms with Crippen molar-refractivity contribution in [3.63, 3.8) is 0 Å². The number of benzene rings is 3. The number of aryl methyl sites for hydroxylation is 2. The van der Waals surface area contributed by atoms with Crippen LogP contribution in [0.4, 0.5) is 0 Å². The minimum absolute atomic E-state index is 0.492. The van der Waals surface area contributed by atoms with Crippen LogP contribution in [0.5, 0.6) is 0 Å². The van der Waals surface area contributed by atoms with Crippen LogP contribution in [-0.2, 0) is 12.3 Å². The Hall–Kier alpha value is -4.22. The molecule has 7 nitrogen and oxygen atoms in total. The number of hydrogen-bond acceptors (Lipinski definition) is 6. The van der Waals surface area contributed by atoms with Crippen LogP contribution in [0.3, 0.4) is 0 Å². The molecule has 0 spiro atoms. The average molecular weight is 478 g/mol. The molecule has 0 bridgehead atoms. The second kappa shape index (κ2) is 9.95. The van der Waals surface area contributed by atoms with Gasteiger partial charge in [0.25, 0.3) is 0 Å². The first kappa shape index (κ1) is 22.6. The van der Waals surface area contributed by atoms with E-state index in [0.29, 0.717) is 17.9 Å². The van der Waals surface area contributed by atoms with Crippen LogP contribution in [0, 0.1) is 25.2 Å². The van der Waals surface area contributed by atoms with Crippen LogP contribution in [0.25, 0.3) is 17.1 Å². The second-order valence-corrected chi connectivity index (χ2v) is 9.27.